The molecule has 0 aromatic heterocycles. The topological polar surface area (TPSA) is 66.4 Å². The van der Waals surface area contributed by atoms with Gasteiger partial charge in [0.2, 0.25) is 5.91 Å². The Labute approximate surface area is 142 Å². The van der Waals surface area contributed by atoms with Crippen molar-refractivity contribution in [3.63, 3.8) is 0 Å². The lowest BCUT2D eigenvalue weighted by Crippen LogP contribution is -2.45. The third kappa shape index (κ3) is 4.79. The number of amides is 1. The van der Waals surface area contributed by atoms with Gasteiger partial charge in [-0.25, -0.2) is 9.18 Å². The molecule has 0 radical (unpaired) electrons. The number of carbonyl (C=O) groups excluding carboxylic acids is 1. The molecular formula is C19H26FNO3. The summed E-state index contributed by atoms with van der Waals surface area (Å²) in [6.07, 6.45) is 3.54. The van der Waals surface area contributed by atoms with Crippen LogP contribution in [-0.2, 0) is 16.0 Å². The summed E-state index contributed by atoms with van der Waals surface area (Å²) in [5.41, 5.74) is 0.300. The summed E-state index contributed by atoms with van der Waals surface area (Å²) in [6, 6.07) is 4.96. The van der Waals surface area contributed by atoms with Crippen molar-refractivity contribution in [3.05, 3.63) is 35.6 Å². The third-order valence-corrected chi connectivity index (χ3v) is 5.08. The monoisotopic (exact) mass is 335 g/mol. The predicted octanol–water partition coefficient (Wildman–Crippen LogP) is 3.40. The van der Waals surface area contributed by atoms with Gasteiger partial charge in [-0.15, -0.1) is 0 Å². The minimum atomic E-state index is -1.14. The Balaban J connectivity index is 1.95. The van der Waals surface area contributed by atoms with E-state index in [1.807, 2.05) is 0 Å². The normalized spacial score (nSPS) is 22.2. The van der Waals surface area contributed by atoms with Gasteiger partial charge in [-0.1, -0.05) is 32.0 Å². The molecule has 1 atom stereocenters. The standard InChI is InChI=1S/C19H26FNO3/c1-12(2)13-7-9-14(10-8-13)18(22)21-17(19(23)24)11-15-5-3-4-6-16(15)20/h3-6,12-14,17H,7-11H2,1-2H3,(H,21,22)(H,23,24). The van der Waals surface area contributed by atoms with Gasteiger partial charge in [-0.05, 0) is 49.1 Å². The van der Waals surface area contributed by atoms with Crippen LogP contribution in [0.1, 0.15) is 45.1 Å². The number of hydrogen-bond donors (Lipinski definition) is 2. The molecule has 1 aliphatic rings. The van der Waals surface area contributed by atoms with Gasteiger partial charge in [-0.2, -0.15) is 0 Å². The summed E-state index contributed by atoms with van der Waals surface area (Å²) >= 11 is 0. The number of carboxylic acids is 1. The minimum Gasteiger partial charge on any atom is -0.480 e. The second-order valence-electron chi connectivity index (χ2n) is 7.05. The number of nitrogens with one attached hydrogen (secondary N) is 1. The largest absolute Gasteiger partial charge is 0.480 e. The zero-order chi connectivity index (χ0) is 17.7. The van der Waals surface area contributed by atoms with E-state index in [1.165, 1.54) is 6.07 Å². The van der Waals surface area contributed by atoms with Gasteiger partial charge in [0.1, 0.15) is 11.9 Å². The molecule has 1 saturated carbocycles. The highest BCUT2D eigenvalue weighted by Gasteiger charge is 2.30. The Kier molecular flexibility index (Phi) is 6.35. The molecular weight excluding hydrogens is 309 g/mol. The van der Waals surface area contributed by atoms with E-state index in [9.17, 15) is 19.1 Å². The van der Waals surface area contributed by atoms with E-state index in [4.69, 9.17) is 0 Å². The van der Waals surface area contributed by atoms with E-state index in [-0.39, 0.29) is 18.2 Å². The molecule has 0 aliphatic heterocycles. The van der Waals surface area contributed by atoms with Gasteiger partial charge in [0.05, 0.1) is 0 Å². The summed E-state index contributed by atoms with van der Waals surface area (Å²) in [7, 11) is 0. The maximum absolute atomic E-state index is 13.7. The van der Waals surface area contributed by atoms with Gasteiger partial charge >= 0.3 is 5.97 Å². The highest BCUT2D eigenvalue weighted by atomic mass is 19.1. The fourth-order valence-corrected chi connectivity index (χ4v) is 3.42. The minimum absolute atomic E-state index is 0.0465. The van der Waals surface area contributed by atoms with Crippen LogP contribution in [0.5, 0.6) is 0 Å². The second kappa shape index (κ2) is 8.27. The summed E-state index contributed by atoms with van der Waals surface area (Å²) in [6.45, 7) is 4.39. The van der Waals surface area contributed by atoms with Crippen molar-refractivity contribution in [2.24, 2.45) is 17.8 Å². The first-order valence-corrected chi connectivity index (χ1v) is 8.65. The van der Waals surface area contributed by atoms with Crippen LogP contribution in [0, 0.1) is 23.6 Å². The molecule has 132 valence electrons. The van der Waals surface area contributed by atoms with Crippen LogP contribution in [0.4, 0.5) is 4.39 Å². The number of rotatable bonds is 6. The highest BCUT2D eigenvalue weighted by Crippen LogP contribution is 2.33. The van der Waals surface area contributed by atoms with E-state index in [0.717, 1.165) is 25.7 Å². The van der Waals surface area contributed by atoms with E-state index >= 15 is 0 Å². The fraction of sp³-hybridized carbons (Fsp3) is 0.579. The molecule has 1 amide bonds. The number of carboxylic acid groups (broad SMARTS) is 1. The molecule has 0 spiro atoms. The average Bonchev–Trinajstić information content (AvgIpc) is 2.56. The summed E-state index contributed by atoms with van der Waals surface area (Å²) in [5.74, 6) is -0.689. The molecule has 1 aromatic carbocycles. The van der Waals surface area contributed by atoms with Crippen molar-refractivity contribution in [1.82, 2.24) is 5.32 Å². The summed E-state index contributed by atoms with van der Waals surface area (Å²) in [5, 5.41) is 12.0. The maximum atomic E-state index is 13.7. The molecule has 2 rings (SSSR count). The van der Waals surface area contributed by atoms with Crippen LogP contribution in [-0.4, -0.2) is 23.0 Å². The van der Waals surface area contributed by atoms with E-state index in [1.54, 1.807) is 18.2 Å². The highest BCUT2D eigenvalue weighted by molar-refractivity contribution is 5.85. The molecule has 0 bridgehead atoms. The lowest BCUT2D eigenvalue weighted by Gasteiger charge is -2.30. The summed E-state index contributed by atoms with van der Waals surface area (Å²) in [4.78, 5) is 23.8. The first-order valence-electron chi connectivity index (χ1n) is 8.65. The van der Waals surface area contributed by atoms with Gasteiger partial charge < -0.3 is 10.4 Å². The maximum Gasteiger partial charge on any atom is 0.326 e. The molecule has 0 saturated heterocycles. The second-order valence-corrected chi connectivity index (χ2v) is 7.05. The third-order valence-electron chi connectivity index (χ3n) is 5.08. The van der Waals surface area contributed by atoms with Gasteiger partial charge in [0.15, 0.2) is 0 Å². The van der Waals surface area contributed by atoms with Crippen molar-refractivity contribution >= 4 is 11.9 Å². The van der Waals surface area contributed by atoms with Gasteiger partial charge in [-0.3, -0.25) is 4.79 Å². The Morgan fingerprint density at radius 2 is 1.83 bits per heavy atom. The quantitative estimate of drug-likeness (QED) is 0.837. The lowest BCUT2D eigenvalue weighted by atomic mass is 9.76. The molecule has 1 unspecified atom stereocenters. The molecule has 2 N–H and O–H groups in total. The van der Waals surface area contributed by atoms with Gasteiger partial charge in [0.25, 0.3) is 0 Å². The number of hydrogen-bond acceptors (Lipinski definition) is 2. The Hall–Kier alpha value is -1.91. The van der Waals surface area contributed by atoms with Gasteiger partial charge in [0, 0.05) is 12.3 Å². The van der Waals surface area contributed by atoms with Crippen molar-refractivity contribution in [2.75, 3.05) is 0 Å². The summed E-state index contributed by atoms with van der Waals surface area (Å²) < 4.78 is 13.7. The number of carbonyl (C=O) groups is 2. The zero-order valence-corrected chi connectivity index (χ0v) is 14.3. The Bertz CT molecular complexity index is 580. The Morgan fingerprint density at radius 1 is 1.21 bits per heavy atom. The molecule has 24 heavy (non-hydrogen) atoms. The first-order chi connectivity index (χ1) is 11.4. The fourth-order valence-electron chi connectivity index (χ4n) is 3.42. The van der Waals surface area contributed by atoms with E-state index in [2.05, 4.69) is 19.2 Å². The first kappa shape index (κ1) is 18.4. The Morgan fingerprint density at radius 3 is 2.38 bits per heavy atom. The van der Waals surface area contributed by atoms with E-state index in [0.29, 0.717) is 17.4 Å². The SMILES string of the molecule is CC(C)C1CCC(C(=O)NC(Cc2ccccc2F)C(=O)O)CC1. The predicted molar refractivity (Wildman–Crippen MR) is 90.0 cm³/mol. The number of halogens is 1. The molecule has 4 nitrogen and oxygen atoms in total. The zero-order valence-electron chi connectivity index (χ0n) is 14.3. The smallest absolute Gasteiger partial charge is 0.326 e. The number of aliphatic carboxylic acids is 1. The molecule has 0 heterocycles. The molecule has 1 aliphatic carbocycles. The molecule has 1 aromatic rings. The van der Waals surface area contributed by atoms with Crippen LogP contribution in [0.15, 0.2) is 24.3 Å². The van der Waals surface area contributed by atoms with Crippen molar-refractivity contribution in [3.8, 4) is 0 Å². The molecule has 1 fully saturated rings. The van der Waals surface area contributed by atoms with Crippen LogP contribution in [0.2, 0.25) is 0 Å². The van der Waals surface area contributed by atoms with Crippen molar-refractivity contribution in [2.45, 2.75) is 52.0 Å². The van der Waals surface area contributed by atoms with Crippen molar-refractivity contribution in [1.29, 1.82) is 0 Å². The van der Waals surface area contributed by atoms with Crippen LogP contribution >= 0.6 is 0 Å². The van der Waals surface area contributed by atoms with Crippen LogP contribution in [0.3, 0.4) is 0 Å². The number of benzene rings is 1. The lowest BCUT2D eigenvalue weighted by molar-refractivity contribution is -0.142. The molecule has 5 heteroatoms. The van der Waals surface area contributed by atoms with E-state index < -0.39 is 17.8 Å². The van der Waals surface area contributed by atoms with Crippen molar-refractivity contribution < 1.29 is 19.1 Å². The van der Waals surface area contributed by atoms with Crippen LogP contribution < -0.4 is 5.32 Å². The average molecular weight is 335 g/mol. The van der Waals surface area contributed by atoms with Crippen LogP contribution in [0.25, 0.3) is 0 Å².